The van der Waals surface area contributed by atoms with Crippen LogP contribution in [0.3, 0.4) is 0 Å². The molecule has 0 aromatic rings. The lowest BCUT2D eigenvalue weighted by atomic mass is 9.68. The first-order valence-corrected chi connectivity index (χ1v) is 5.28. The van der Waals surface area contributed by atoms with E-state index in [1.807, 2.05) is 11.8 Å². The topological polar surface area (TPSA) is 60.8 Å². The Kier molecular flexibility index (Phi) is 2.49. The second kappa shape index (κ2) is 3.51. The third kappa shape index (κ3) is 1.42. The summed E-state index contributed by atoms with van der Waals surface area (Å²) in [7, 11) is 0. The maximum absolute atomic E-state index is 10.9. The van der Waals surface area contributed by atoms with Crippen molar-refractivity contribution in [3.05, 3.63) is 0 Å². The summed E-state index contributed by atoms with van der Waals surface area (Å²) in [4.78, 5) is 12.9. The molecule has 2 saturated heterocycles. The van der Waals surface area contributed by atoms with Crippen LogP contribution in [0.1, 0.15) is 19.8 Å². The molecule has 80 valence electrons. The Morgan fingerprint density at radius 3 is 2.43 bits per heavy atom. The molecule has 4 heteroatoms. The van der Waals surface area contributed by atoms with Gasteiger partial charge in [0.05, 0.1) is 6.10 Å². The molecule has 0 spiro atoms. The Bertz CT molecular complexity index is 232. The SMILES string of the molecule is CC[C@@H](C(=O)O)N1C[C@H]2C[C@@H](C1)C2O. The smallest absolute Gasteiger partial charge is 0.320 e. The lowest BCUT2D eigenvalue weighted by Gasteiger charge is -2.52. The predicted octanol–water partition coefficient (Wildman–Crippen LogP) is 0.162. The lowest BCUT2D eigenvalue weighted by Crippen LogP contribution is -2.61. The molecule has 1 aliphatic carbocycles. The minimum atomic E-state index is -0.733. The lowest BCUT2D eigenvalue weighted by molar-refractivity contribution is -0.154. The molecule has 2 aliphatic heterocycles. The molecule has 4 nitrogen and oxygen atoms in total. The second-order valence-electron chi connectivity index (χ2n) is 4.46. The van der Waals surface area contributed by atoms with Gasteiger partial charge in [0, 0.05) is 13.1 Å². The van der Waals surface area contributed by atoms with Gasteiger partial charge < -0.3 is 10.2 Å². The molecule has 2 N–H and O–H groups in total. The Morgan fingerprint density at radius 1 is 1.50 bits per heavy atom. The minimum absolute atomic E-state index is 0.169. The van der Waals surface area contributed by atoms with Gasteiger partial charge in [-0.25, -0.2) is 0 Å². The molecule has 14 heavy (non-hydrogen) atoms. The van der Waals surface area contributed by atoms with Crippen LogP contribution < -0.4 is 0 Å². The number of hydrogen-bond acceptors (Lipinski definition) is 3. The van der Waals surface area contributed by atoms with Crippen molar-refractivity contribution in [3.63, 3.8) is 0 Å². The molecule has 0 aromatic heterocycles. The molecular weight excluding hydrogens is 182 g/mol. The van der Waals surface area contributed by atoms with E-state index >= 15 is 0 Å². The standard InChI is InChI=1S/C10H17NO3/c1-2-8(10(13)14)11-4-6-3-7(5-11)9(6)12/h6-9,12H,2-5H2,1H3,(H,13,14)/t6-,7+,8-,9?/m0/s1. The summed E-state index contributed by atoms with van der Waals surface area (Å²) >= 11 is 0. The average molecular weight is 199 g/mol. The summed E-state index contributed by atoms with van der Waals surface area (Å²) in [6.07, 6.45) is 1.55. The van der Waals surface area contributed by atoms with Gasteiger partial charge in [-0.15, -0.1) is 0 Å². The van der Waals surface area contributed by atoms with Gasteiger partial charge in [-0.2, -0.15) is 0 Å². The molecule has 2 bridgehead atoms. The van der Waals surface area contributed by atoms with Crippen LogP contribution in [-0.4, -0.2) is 46.3 Å². The number of carboxylic acids is 1. The monoisotopic (exact) mass is 199 g/mol. The molecule has 0 radical (unpaired) electrons. The number of nitrogens with zero attached hydrogens (tertiary/aromatic N) is 1. The fourth-order valence-corrected chi connectivity index (χ4v) is 2.74. The van der Waals surface area contributed by atoms with Crippen LogP contribution in [0.5, 0.6) is 0 Å². The molecule has 0 aromatic carbocycles. The highest BCUT2D eigenvalue weighted by Crippen LogP contribution is 2.40. The zero-order valence-electron chi connectivity index (χ0n) is 8.39. The van der Waals surface area contributed by atoms with Gasteiger partial charge in [0.25, 0.3) is 0 Å². The van der Waals surface area contributed by atoms with Gasteiger partial charge >= 0.3 is 5.97 Å². The zero-order valence-corrected chi connectivity index (χ0v) is 8.39. The maximum atomic E-state index is 10.9. The van der Waals surface area contributed by atoms with Crippen molar-refractivity contribution in [1.29, 1.82) is 0 Å². The molecule has 4 atom stereocenters. The summed E-state index contributed by atoms with van der Waals surface area (Å²) < 4.78 is 0. The predicted molar refractivity (Wildman–Crippen MR) is 50.9 cm³/mol. The van der Waals surface area contributed by atoms with E-state index in [2.05, 4.69) is 0 Å². The second-order valence-corrected chi connectivity index (χ2v) is 4.46. The van der Waals surface area contributed by atoms with Gasteiger partial charge in [0.1, 0.15) is 6.04 Å². The van der Waals surface area contributed by atoms with Gasteiger partial charge in [-0.1, -0.05) is 6.92 Å². The summed E-state index contributed by atoms with van der Waals surface area (Å²) in [5.41, 5.74) is 0. The molecule has 0 amide bonds. The van der Waals surface area contributed by atoms with Crippen LogP contribution in [0.4, 0.5) is 0 Å². The highest BCUT2D eigenvalue weighted by Gasteiger charge is 2.47. The van der Waals surface area contributed by atoms with E-state index < -0.39 is 5.97 Å². The third-order valence-electron chi connectivity index (χ3n) is 3.62. The first-order valence-electron chi connectivity index (χ1n) is 5.28. The Labute approximate surface area is 83.5 Å². The third-order valence-corrected chi connectivity index (χ3v) is 3.62. The van der Waals surface area contributed by atoms with Crippen LogP contribution in [-0.2, 0) is 4.79 Å². The van der Waals surface area contributed by atoms with E-state index in [9.17, 15) is 9.90 Å². The highest BCUT2D eigenvalue weighted by molar-refractivity contribution is 5.73. The van der Waals surface area contributed by atoms with Crippen LogP contribution >= 0.6 is 0 Å². The molecule has 1 unspecified atom stereocenters. The van der Waals surface area contributed by atoms with E-state index in [4.69, 9.17) is 5.11 Å². The van der Waals surface area contributed by atoms with Crippen LogP contribution in [0.2, 0.25) is 0 Å². The molecular formula is C10H17NO3. The molecule has 3 fully saturated rings. The number of carboxylic acid groups (broad SMARTS) is 1. The summed E-state index contributed by atoms with van der Waals surface area (Å²) in [6.45, 7) is 3.40. The normalized spacial score (nSPS) is 38.9. The maximum Gasteiger partial charge on any atom is 0.320 e. The fraction of sp³-hybridized carbons (Fsp3) is 0.900. The number of rotatable bonds is 3. The molecule has 3 aliphatic rings. The number of piperidine rings is 2. The average Bonchev–Trinajstić information content (AvgIpc) is 2.18. The fourth-order valence-electron chi connectivity index (χ4n) is 2.74. The molecule has 1 saturated carbocycles. The van der Waals surface area contributed by atoms with Gasteiger partial charge in [0.15, 0.2) is 0 Å². The van der Waals surface area contributed by atoms with E-state index in [-0.39, 0.29) is 12.1 Å². The van der Waals surface area contributed by atoms with Crippen LogP contribution in [0.15, 0.2) is 0 Å². The van der Waals surface area contributed by atoms with Crippen molar-refractivity contribution in [2.75, 3.05) is 13.1 Å². The van der Waals surface area contributed by atoms with Crippen molar-refractivity contribution in [1.82, 2.24) is 4.90 Å². The van der Waals surface area contributed by atoms with Crippen molar-refractivity contribution in [2.24, 2.45) is 11.8 Å². The van der Waals surface area contributed by atoms with Gasteiger partial charge in [-0.05, 0) is 24.7 Å². The molecule has 2 heterocycles. The van der Waals surface area contributed by atoms with Gasteiger partial charge in [0.2, 0.25) is 0 Å². The summed E-state index contributed by atoms with van der Waals surface area (Å²) in [5.74, 6) is -0.0902. The first-order chi connectivity index (χ1) is 6.63. The van der Waals surface area contributed by atoms with Crippen molar-refractivity contribution in [2.45, 2.75) is 31.9 Å². The van der Waals surface area contributed by atoms with Crippen molar-refractivity contribution in [3.8, 4) is 0 Å². The van der Waals surface area contributed by atoms with E-state index in [0.717, 1.165) is 19.5 Å². The molecule has 3 rings (SSSR count). The van der Waals surface area contributed by atoms with E-state index in [1.165, 1.54) is 0 Å². The summed E-state index contributed by atoms with van der Waals surface area (Å²) in [5, 5.41) is 18.6. The first kappa shape index (κ1) is 9.93. The van der Waals surface area contributed by atoms with Crippen molar-refractivity contribution >= 4 is 5.97 Å². The Morgan fingerprint density at radius 2 is 2.07 bits per heavy atom. The van der Waals surface area contributed by atoms with Crippen LogP contribution in [0.25, 0.3) is 0 Å². The van der Waals surface area contributed by atoms with E-state index in [1.54, 1.807) is 0 Å². The zero-order chi connectivity index (χ0) is 10.3. The number of aliphatic carboxylic acids is 1. The Balaban J connectivity index is 1.97. The van der Waals surface area contributed by atoms with Crippen molar-refractivity contribution < 1.29 is 15.0 Å². The number of carbonyl (C=O) groups is 1. The highest BCUT2D eigenvalue weighted by atomic mass is 16.4. The number of hydrogen-bond donors (Lipinski definition) is 2. The quantitative estimate of drug-likeness (QED) is 0.680. The minimum Gasteiger partial charge on any atom is -0.480 e. The van der Waals surface area contributed by atoms with Gasteiger partial charge in [-0.3, -0.25) is 9.69 Å². The largest absolute Gasteiger partial charge is 0.480 e. The number of aliphatic hydroxyl groups is 1. The number of aliphatic hydroxyl groups excluding tert-OH is 1. The summed E-state index contributed by atoms with van der Waals surface area (Å²) in [6, 6.07) is -0.354. The number of fused-ring (bicyclic) bond motifs is 2. The Hall–Kier alpha value is -0.610. The van der Waals surface area contributed by atoms with Crippen LogP contribution in [0, 0.1) is 11.8 Å². The van der Waals surface area contributed by atoms with E-state index in [0.29, 0.717) is 18.3 Å².